The number of hydrogen-bond acceptors (Lipinski definition) is 4. The van der Waals surface area contributed by atoms with Gasteiger partial charge in [-0.15, -0.1) is 6.58 Å². The van der Waals surface area contributed by atoms with Gasteiger partial charge in [-0.05, 0) is 53.6 Å². The molecule has 0 aliphatic heterocycles. The lowest BCUT2D eigenvalue weighted by atomic mass is 10.0. The number of oxime groups is 1. The van der Waals surface area contributed by atoms with E-state index in [1.54, 1.807) is 12.1 Å². The van der Waals surface area contributed by atoms with E-state index < -0.39 is 5.97 Å². The Morgan fingerprint density at radius 3 is 2.39 bits per heavy atom. The first-order valence-electron chi connectivity index (χ1n) is 11.0. The zero-order valence-electron chi connectivity index (χ0n) is 18.9. The van der Waals surface area contributed by atoms with Crippen LogP contribution in [-0.2, 0) is 16.1 Å². The van der Waals surface area contributed by atoms with E-state index in [9.17, 15) is 4.79 Å². The van der Waals surface area contributed by atoms with E-state index in [1.807, 2.05) is 37.3 Å². The number of nitrogens with zero attached hydrogens (tertiary/aromatic N) is 1. The number of hydrogen-bond donors (Lipinski definition) is 1. The van der Waals surface area contributed by atoms with Crippen molar-refractivity contribution in [3.05, 3.63) is 102 Å². The van der Waals surface area contributed by atoms with Crippen molar-refractivity contribution >= 4 is 11.7 Å². The lowest BCUT2D eigenvalue weighted by Gasteiger charge is -2.12. The van der Waals surface area contributed by atoms with Crippen LogP contribution in [0.3, 0.4) is 0 Å². The zero-order chi connectivity index (χ0) is 23.5. The van der Waals surface area contributed by atoms with Gasteiger partial charge in [-0.3, -0.25) is 4.79 Å². The third-order valence-corrected chi connectivity index (χ3v) is 5.26. The van der Waals surface area contributed by atoms with Crippen molar-refractivity contribution in [1.29, 1.82) is 0 Å². The number of carboxylic acids is 1. The molecule has 5 nitrogen and oxygen atoms in total. The molecule has 0 bridgehead atoms. The minimum absolute atomic E-state index is 0.0282. The third-order valence-electron chi connectivity index (χ3n) is 5.26. The van der Waals surface area contributed by atoms with Gasteiger partial charge in [0.1, 0.15) is 12.4 Å². The second kappa shape index (κ2) is 12.2. The standard InChI is InChI=1S/C28H29NO4/c1-3-4-12-26(24-16-14-23(15-17-24)22-9-6-5-7-10-22)29-33-19-18-32-27-13-8-11-25(21(27)2)20-28(30)31/h3,5-11,13-17H,1,4,12,18-20H2,2H3,(H,30,31)/b29-26+. The molecule has 0 saturated heterocycles. The lowest BCUT2D eigenvalue weighted by molar-refractivity contribution is -0.136. The summed E-state index contributed by atoms with van der Waals surface area (Å²) in [5.41, 5.74) is 5.75. The molecule has 0 aliphatic rings. The summed E-state index contributed by atoms with van der Waals surface area (Å²) in [6.07, 6.45) is 3.36. The summed E-state index contributed by atoms with van der Waals surface area (Å²) in [5, 5.41) is 13.4. The molecule has 0 radical (unpaired) electrons. The van der Waals surface area contributed by atoms with E-state index in [1.165, 1.54) is 5.56 Å². The van der Waals surface area contributed by atoms with Crippen LogP contribution in [0.25, 0.3) is 11.1 Å². The molecule has 0 fully saturated rings. The zero-order valence-corrected chi connectivity index (χ0v) is 18.9. The quantitative estimate of drug-likeness (QED) is 0.160. The fourth-order valence-corrected chi connectivity index (χ4v) is 3.45. The van der Waals surface area contributed by atoms with Crippen LogP contribution in [0.2, 0.25) is 0 Å². The van der Waals surface area contributed by atoms with Gasteiger partial charge in [0.05, 0.1) is 12.1 Å². The highest BCUT2D eigenvalue weighted by Crippen LogP contribution is 2.22. The molecular formula is C28H29NO4. The Balaban J connectivity index is 1.60. The molecule has 33 heavy (non-hydrogen) atoms. The van der Waals surface area contributed by atoms with Gasteiger partial charge in [0.2, 0.25) is 0 Å². The summed E-state index contributed by atoms with van der Waals surface area (Å²) in [6, 6.07) is 23.9. The van der Waals surface area contributed by atoms with E-state index in [2.05, 4.69) is 48.1 Å². The highest BCUT2D eigenvalue weighted by molar-refractivity contribution is 6.00. The fraction of sp³-hybridized carbons (Fsp3) is 0.214. The third kappa shape index (κ3) is 7.07. The van der Waals surface area contributed by atoms with Crippen LogP contribution in [-0.4, -0.2) is 30.0 Å². The Morgan fingerprint density at radius 2 is 1.70 bits per heavy atom. The summed E-state index contributed by atoms with van der Waals surface area (Å²) in [6.45, 7) is 6.25. The average Bonchev–Trinajstić information content (AvgIpc) is 2.83. The van der Waals surface area contributed by atoms with Crippen LogP contribution >= 0.6 is 0 Å². The van der Waals surface area contributed by atoms with E-state index >= 15 is 0 Å². The van der Waals surface area contributed by atoms with Gasteiger partial charge in [-0.2, -0.15) is 0 Å². The van der Waals surface area contributed by atoms with Crippen molar-refractivity contribution in [1.82, 2.24) is 0 Å². The maximum atomic E-state index is 11.0. The van der Waals surface area contributed by atoms with Crippen molar-refractivity contribution in [2.45, 2.75) is 26.2 Å². The van der Waals surface area contributed by atoms with Crippen LogP contribution in [0.1, 0.15) is 29.5 Å². The van der Waals surface area contributed by atoms with Gasteiger partial charge >= 0.3 is 5.97 Å². The molecule has 0 spiro atoms. The Morgan fingerprint density at radius 1 is 0.970 bits per heavy atom. The summed E-state index contributed by atoms with van der Waals surface area (Å²) in [4.78, 5) is 16.5. The Labute approximate surface area is 195 Å². The smallest absolute Gasteiger partial charge is 0.307 e. The number of benzene rings is 3. The topological polar surface area (TPSA) is 68.1 Å². The molecule has 5 heteroatoms. The maximum absolute atomic E-state index is 11.0. The molecule has 0 aliphatic carbocycles. The van der Waals surface area contributed by atoms with Crippen molar-refractivity contribution in [2.24, 2.45) is 5.16 Å². The lowest BCUT2D eigenvalue weighted by Crippen LogP contribution is -2.09. The van der Waals surface area contributed by atoms with Crippen molar-refractivity contribution in [2.75, 3.05) is 13.2 Å². The summed E-state index contributed by atoms with van der Waals surface area (Å²) in [5.74, 6) is -0.207. The van der Waals surface area contributed by atoms with Crippen molar-refractivity contribution in [3.8, 4) is 16.9 Å². The number of carboxylic acid groups (broad SMARTS) is 1. The van der Waals surface area contributed by atoms with Gasteiger partial charge in [-0.1, -0.05) is 78.0 Å². The number of carbonyl (C=O) groups is 1. The summed E-state index contributed by atoms with van der Waals surface area (Å²) < 4.78 is 5.79. The molecule has 0 unspecified atom stereocenters. The van der Waals surface area contributed by atoms with Crippen LogP contribution < -0.4 is 4.74 Å². The van der Waals surface area contributed by atoms with E-state index in [-0.39, 0.29) is 13.0 Å². The van der Waals surface area contributed by atoms with Crippen molar-refractivity contribution < 1.29 is 19.5 Å². The fourth-order valence-electron chi connectivity index (χ4n) is 3.45. The maximum Gasteiger partial charge on any atom is 0.307 e. The number of aliphatic carboxylic acids is 1. The van der Waals surface area contributed by atoms with E-state index in [0.29, 0.717) is 12.4 Å². The summed E-state index contributed by atoms with van der Waals surface area (Å²) in [7, 11) is 0. The first-order chi connectivity index (χ1) is 16.1. The number of allylic oxidation sites excluding steroid dienone is 1. The molecule has 3 rings (SSSR count). The minimum atomic E-state index is -0.864. The van der Waals surface area contributed by atoms with Crippen molar-refractivity contribution in [3.63, 3.8) is 0 Å². The monoisotopic (exact) mass is 443 g/mol. The molecule has 0 amide bonds. The first-order valence-corrected chi connectivity index (χ1v) is 11.0. The highest BCUT2D eigenvalue weighted by Gasteiger charge is 2.09. The van der Waals surface area contributed by atoms with Crippen LogP contribution in [0, 0.1) is 6.92 Å². The predicted octanol–water partition coefficient (Wildman–Crippen LogP) is 6.06. The molecule has 3 aromatic carbocycles. The molecular weight excluding hydrogens is 414 g/mol. The molecule has 1 N–H and O–H groups in total. The minimum Gasteiger partial charge on any atom is -0.490 e. The molecule has 0 aromatic heterocycles. The van der Waals surface area contributed by atoms with E-state index in [4.69, 9.17) is 14.7 Å². The Hall–Kier alpha value is -3.86. The van der Waals surface area contributed by atoms with E-state index in [0.717, 1.165) is 40.8 Å². The Kier molecular flexibility index (Phi) is 8.83. The van der Waals surface area contributed by atoms with Gasteiger partial charge in [-0.25, -0.2) is 0 Å². The molecule has 0 heterocycles. The van der Waals surface area contributed by atoms with Gasteiger partial charge in [0, 0.05) is 0 Å². The molecule has 170 valence electrons. The first kappa shape index (κ1) is 23.8. The highest BCUT2D eigenvalue weighted by atomic mass is 16.6. The van der Waals surface area contributed by atoms with Gasteiger partial charge < -0.3 is 14.7 Å². The number of rotatable bonds is 12. The number of ether oxygens (including phenoxy) is 1. The van der Waals surface area contributed by atoms with Gasteiger partial charge in [0.25, 0.3) is 0 Å². The van der Waals surface area contributed by atoms with Crippen LogP contribution in [0.5, 0.6) is 5.75 Å². The predicted molar refractivity (Wildman–Crippen MR) is 132 cm³/mol. The van der Waals surface area contributed by atoms with Crippen LogP contribution in [0.4, 0.5) is 0 Å². The molecule has 3 aromatic rings. The second-order valence-corrected chi connectivity index (χ2v) is 7.60. The largest absolute Gasteiger partial charge is 0.490 e. The molecule has 0 saturated carbocycles. The Bertz CT molecular complexity index is 1090. The summed E-state index contributed by atoms with van der Waals surface area (Å²) >= 11 is 0. The average molecular weight is 444 g/mol. The van der Waals surface area contributed by atoms with Gasteiger partial charge in [0.15, 0.2) is 6.61 Å². The molecule has 0 atom stereocenters. The second-order valence-electron chi connectivity index (χ2n) is 7.60. The normalized spacial score (nSPS) is 11.1. The SMILES string of the molecule is C=CCC/C(=N\OCCOc1cccc(CC(=O)O)c1C)c1ccc(-c2ccccc2)cc1. The van der Waals surface area contributed by atoms with Crippen LogP contribution in [0.15, 0.2) is 90.6 Å².